The first-order valence-corrected chi connectivity index (χ1v) is 9.23. The van der Waals surface area contributed by atoms with E-state index in [-0.39, 0.29) is 6.10 Å². The van der Waals surface area contributed by atoms with E-state index in [0.717, 1.165) is 36.8 Å². The van der Waals surface area contributed by atoms with E-state index in [1.165, 1.54) is 11.1 Å². The van der Waals surface area contributed by atoms with Crippen LogP contribution in [0.2, 0.25) is 0 Å². The van der Waals surface area contributed by atoms with Gasteiger partial charge in [0, 0.05) is 13.1 Å². The normalized spacial score (nSPS) is 13.4. The standard InChI is InChI=1S/C21H23N5O/c1-15(2)27-19-10-6-5-9-18(19)23-21-24-20(13-22-25-21)26-12-11-16-7-3-4-8-17(16)14-26/h3-10,13,15H,11-12,14H2,1-2H3,(H,23,24,25). The Morgan fingerprint density at radius 1 is 1.04 bits per heavy atom. The van der Waals surface area contributed by atoms with Gasteiger partial charge in [0.25, 0.3) is 0 Å². The molecule has 138 valence electrons. The number of benzene rings is 2. The molecule has 0 saturated carbocycles. The minimum Gasteiger partial charge on any atom is -0.489 e. The molecule has 6 nitrogen and oxygen atoms in total. The molecule has 0 radical (unpaired) electrons. The van der Waals surface area contributed by atoms with Gasteiger partial charge in [-0.3, -0.25) is 0 Å². The van der Waals surface area contributed by atoms with Crippen LogP contribution in [0.3, 0.4) is 0 Å². The van der Waals surface area contributed by atoms with Crippen LogP contribution in [-0.4, -0.2) is 27.8 Å². The molecule has 0 bridgehead atoms. The highest BCUT2D eigenvalue weighted by atomic mass is 16.5. The molecule has 27 heavy (non-hydrogen) atoms. The van der Waals surface area contributed by atoms with Gasteiger partial charge >= 0.3 is 0 Å². The zero-order valence-electron chi connectivity index (χ0n) is 15.6. The van der Waals surface area contributed by atoms with E-state index in [1.54, 1.807) is 6.20 Å². The molecule has 4 rings (SSSR count). The summed E-state index contributed by atoms with van der Waals surface area (Å²) in [6, 6.07) is 16.3. The highest BCUT2D eigenvalue weighted by molar-refractivity contribution is 5.62. The molecule has 1 aliphatic heterocycles. The molecule has 2 aromatic carbocycles. The molecule has 0 amide bonds. The number of fused-ring (bicyclic) bond motifs is 1. The van der Waals surface area contributed by atoms with Crippen LogP contribution in [0.5, 0.6) is 5.75 Å². The third-order valence-electron chi connectivity index (χ3n) is 4.50. The molecule has 3 aromatic rings. The molecule has 6 heteroatoms. The van der Waals surface area contributed by atoms with Gasteiger partial charge in [-0.25, -0.2) is 0 Å². The van der Waals surface area contributed by atoms with Gasteiger partial charge in [0.2, 0.25) is 5.95 Å². The summed E-state index contributed by atoms with van der Waals surface area (Å²) in [5, 5.41) is 11.5. The van der Waals surface area contributed by atoms with Crippen molar-refractivity contribution in [1.82, 2.24) is 15.2 Å². The predicted octanol–water partition coefficient (Wildman–Crippen LogP) is 3.97. The minimum absolute atomic E-state index is 0.0896. The maximum absolute atomic E-state index is 5.85. The van der Waals surface area contributed by atoms with Crippen LogP contribution in [0.4, 0.5) is 17.5 Å². The van der Waals surface area contributed by atoms with Gasteiger partial charge in [0.15, 0.2) is 5.82 Å². The lowest BCUT2D eigenvalue weighted by molar-refractivity contribution is 0.244. The van der Waals surface area contributed by atoms with Gasteiger partial charge in [0.1, 0.15) is 5.75 Å². The van der Waals surface area contributed by atoms with E-state index < -0.39 is 0 Å². The number of ether oxygens (including phenoxy) is 1. The highest BCUT2D eigenvalue weighted by Gasteiger charge is 2.18. The third-order valence-corrected chi connectivity index (χ3v) is 4.50. The van der Waals surface area contributed by atoms with Crippen molar-refractivity contribution in [3.8, 4) is 5.75 Å². The van der Waals surface area contributed by atoms with Gasteiger partial charge in [0.05, 0.1) is 18.0 Å². The lowest BCUT2D eigenvalue weighted by atomic mass is 10.0. The van der Waals surface area contributed by atoms with E-state index in [4.69, 9.17) is 4.74 Å². The molecule has 1 aromatic heterocycles. The summed E-state index contributed by atoms with van der Waals surface area (Å²) in [4.78, 5) is 6.91. The topological polar surface area (TPSA) is 63.2 Å². The fourth-order valence-corrected chi connectivity index (χ4v) is 3.24. The molecule has 1 N–H and O–H groups in total. The first-order valence-electron chi connectivity index (χ1n) is 9.23. The van der Waals surface area contributed by atoms with Crippen LogP contribution < -0.4 is 15.0 Å². The average Bonchev–Trinajstić information content (AvgIpc) is 2.69. The van der Waals surface area contributed by atoms with E-state index in [0.29, 0.717) is 5.95 Å². The predicted molar refractivity (Wildman–Crippen MR) is 107 cm³/mol. The first kappa shape index (κ1) is 17.3. The SMILES string of the molecule is CC(C)Oc1ccccc1Nc1nncc(N2CCc3ccccc3C2)n1. The summed E-state index contributed by atoms with van der Waals surface area (Å²) >= 11 is 0. The summed E-state index contributed by atoms with van der Waals surface area (Å²) in [5.74, 6) is 2.06. The molecule has 0 saturated heterocycles. The van der Waals surface area contributed by atoms with Crippen molar-refractivity contribution in [2.24, 2.45) is 0 Å². The Bertz CT molecular complexity index is 928. The van der Waals surface area contributed by atoms with Crippen molar-refractivity contribution in [2.75, 3.05) is 16.8 Å². The van der Waals surface area contributed by atoms with E-state index >= 15 is 0 Å². The monoisotopic (exact) mass is 361 g/mol. The molecular weight excluding hydrogens is 338 g/mol. The fraction of sp³-hybridized carbons (Fsp3) is 0.286. The van der Waals surface area contributed by atoms with Crippen LogP contribution in [-0.2, 0) is 13.0 Å². The molecule has 0 aliphatic carbocycles. The van der Waals surface area contributed by atoms with Gasteiger partial charge in [-0.2, -0.15) is 10.1 Å². The fourth-order valence-electron chi connectivity index (χ4n) is 3.24. The molecule has 0 atom stereocenters. The zero-order valence-corrected chi connectivity index (χ0v) is 15.6. The van der Waals surface area contributed by atoms with Gasteiger partial charge < -0.3 is 15.0 Å². The number of hydrogen-bond donors (Lipinski definition) is 1. The van der Waals surface area contributed by atoms with E-state index in [1.807, 2.05) is 38.1 Å². The van der Waals surface area contributed by atoms with Crippen LogP contribution in [0.25, 0.3) is 0 Å². The number of aromatic nitrogens is 3. The maximum atomic E-state index is 5.85. The largest absolute Gasteiger partial charge is 0.489 e. The van der Waals surface area contributed by atoms with E-state index in [9.17, 15) is 0 Å². The third kappa shape index (κ3) is 4.00. The first-order chi connectivity index (χ1) is 13.2. The molecule has 1 aliphatic rings. The van der Waals surface area contributed by atoms with Crippen molar-refractivity contribution < 1.29 is 4.74 Å². The number of para-hydroxylation sites is 2. The lowest BCUT2D eigenvalue weighted by Gasteiger charge is -2.29. The quantitative estimate of drug-likeness (QED) is 0.742. The Labute approximate surface area is 159 Å². The number of anilines is 3. The molecular formula is C21H23N5O. The van der Waals surface area contributed by atoms with Crippen molar-refractivity contribution in [2.45, 2.75) is 32.9 Å². The average molecular weight is 361 g/mol. The summed E-state index contributed by atoms with van der Waals surface area (Å²) in [7, 11) is 0. The van der Waals surface area contributed by atoms with Crippen molar-refractivity contribution in [1.29, 1.82) is 0 Å². The molecule has 0 fully saturated rings. The summed E-state index contributed by atoms with van der Waals surface area (Å²) in [5.41, 5.74) is 3.58. The lowest BCUT2D eigenvalue weighted by Crippen LogP contribution is -2.31. The van der Waals surface area contributed by atoms with Crippen molar-refractivity contribution >= 4 is 17.5 Å². The molecule has 2 heterocycles. The number of nitrogens with zero attached hydrogens (tertiary/aromatic N) is 4. The van der Waals surface area contributed by atoms with Crippen LogP contribution in [0.1, 0.15) is 25.0 Å². The van der Waals surface area contributed by atoms with E-state index in [2.05, 4.69) is 49.7 Å². The second kappa shape index (κ2) is 7.61. The highest BCUT2D eigenvalue weighted by Crippen LogP contribution is 2.28. The Morgan fingerprint density at radius 2 is 1.81 bits per heavy atom. The summed E-state index contributed by atoms with van der Waals surface area (Å²) < 4.78 is 5.85. The maximum Gasteiger partial charge on any atom is 0.249 e. The Balaban J connectivity index is 1.54. The number of nitrogens with one attached hydrogen (secondary N) is 1. The minimum atomic E-state index is 0.0896. The number of rotatable bonds is 5. The summed E-state index contributed by atoms with van der Waals surface area (Å²) in [6.07, 6.45) is 2.82. The Hall–Kier alpha value is -3.15. The smallest absolute Gasteiger partial charge is 0.249 e. The van der Waals surface area contributed by atoms with Gasteiger partial charge in [-0.1, -0.05) is 36.4 Å². The molecule has 0 spiro atoms. The zero-order chi connectivity index (χ0) is 18.6. The van der Waals surface area contributed by atoms with Crippen LogP contribution >= 0.6 is 0 Å². The molecule has 0 unspecified atom stereocenters. The van der Waals surface area contributed by atoms with Gasteiger partial charge in [-0.15, -0.1) is 5.10 Å². The summed E-state index contributed by atoms with van der Waals surface area (Å²) in [6.45, 7) is 5.76. The Kier molecular flexibility index (Phi) is 4.87. The van der Waals surface area contributed by atoms with Crippen molar-refractivity contribution in [3.63, 3.8) is 0 Å². The van der Waals surface area contributed by atoms with Crippen molar-refractivity contribution in [3.05, 3.63) is 65.9 Å². The second-order valence-electron chi connectivity index (χ2n) is 6.87. The number of hydrogen-bond acceptors (Lipinski definition) is 6. The second-order valence-corrected chi connectivity index (χ2v) is 6.87. The van der Waals surface area contributed by atoms with Gasteiger partial charge in [-0.05, 0) is 43.5 Å². The van der Waals surface area contributed by atoms with Crippen LogP contribution in [0.15, 0.2) is 54.7 Å². The van der Waals surface area contributed by atoms with Crippen LogP contribution in [0, 0.1) is 0 Å². The Morgan fingerprint density at radius 3 is 2.67 bits per heavy atom.